The number of carbonyl (C=O) groups excluding carboxylic acids is 1. The van der Waals surface area contributed by atoms with Crippen molar-refractivity contribution in [3.63, 3.8) is 0 Å². The van der Waals surface area contributed by atoms with E-state index in [9.17, 15) is 22.2 Å². The Kier molecular flexibility index (Phi) is 6.51. The first-order valence-electron chi connectivity index (χ1n) is 10.3. The zero-order valence-electron chi connectivity index (χ0n) is 18.7. The van der Waals surface area contributed by atoms with E-state index in [0.717, 1.165) is 17.9 Å². The Labute approximate surface area is 199 Å². The molecule has 1 unspecified atom stereocenters. The molecular weight excluding hydrogens is 487 g/mol. The van der Waals surface area contributed by atoms with Crippen molar-refractivity contribution >= 4 is 38.8 Å². The number of anilines is 1. The normalized spacial score (nSPS) is 15.1. The molecule has 0 saturated heterocycles. The van der Waals surface area contributed by atoms with Crippen molar-refractivity contribution in [2.24, 2.45) is 10.1 Å². The molecule has 0 N–H and O–H groups in total. The maximum absolute atomic E-state index is 13.0. The highest BCUT2D eigenvalue weighted by molar-refractivity contribution is 8.03. The number of rotatable bonds is 6. The van der Waals surface area contributed by atoms with Crippen LogP contribution in [0.5, 0.6) is 0 Å². The Balaban J connectivity index is 1.82. The molecule has 35 heavy (non-hydrogen) atoms. The van der Waals surface area contributed by atoms with E-state index in [0.29, 0.717) is 11.5 Å². The fourth-order valence-corrected chi connectivity index (χ4v) is 3.75. The molecule has 4 rings (SSSR count). The number of hydrogen-bond donors (Lipinski definition) is 0. The standard InChI is InChI=1S/C20H18F3N9O2S/c1-4-31(5-2)14-7-6-12(11(3)26-14)27-15-16(19(33)35(34)20(21,22)23)29-32-18(15)28-17(30-32)13-10-24-8-9-25-13/h6-10H,4-5H2,1-3H3. The second-order valence-electron chi connectivity index (χ2n) is 7.10. The molecule has 0 radical (unpaired) electrons. The molecule has 11 nitrogen and oxygen atoms in total. The topological polar surface area (TPSA) is 131 Å². The first-order chi connectivity index (χ1) is 16.6. The van der Waals surface area contributed by atoms with E-state index in [1.807, 2.05) is 18.7 Å². The van der Waals surface area contributed by atoms with Gasteiger partial charge in [-0.2, -0.15) is 13.2 Å². The van der Waals surface area contributed by atoms with Crippen molar-refractivity contribution in [1.82, 2.24) is 29.8 Å². The molecule has 3 aromatic heterocycles. The number of halogens is 3. The van der Waals surface area contributed by atoms with Gasteiger partial charge in [-0.15, -0.1) is 15.0 Å². The van der Waals surface area contributed by atoms with Gasteiger partial charge in [0.25, 0.3) is 5.12 Å². The van der Waals surface area contributed by atoms with Crippen molar-refractivity contribution in [3.8, 4) is 11.5 Å². The molecule has 15 heteroatoms. The summed E-state index contributed by atoms with van der Waals surface area (Å²) >= 11 is 0. The lowest BCUT2D eigenvalue weighted by atomic mass is 10.2. The molecular formula is C20H18F3N9O2S. The van der Waals surface area contributed by atoms with Gasteiger partial charge in [0, 0.05) is 25.5 Å². The Morgan fingerprint density at radius 1 is 1.17 bits per heavy atom. The van der Waals surface area contributed by atoms with E-state index in [1.54, 1.807) is 19.1 Å². The van der Waals surface area contributed by atoms with Crippen molar-refractivity contribution in [3.05, 3.63) is 42.2 Å². The van der Waals surface area contributed by atoms with Crippen LogP contribution in [0.4, 0.5) is 24.7 Å². The third-order valence-corrected chi connectivity index (χ3v) is 5.90. The zero-order chi connectivity index (χ0) is 25.3. The second kappa shape index (κ2) is 9.40. The average molecular weight is 505 g/mol. The minimum absolute atomic E-state index is 0.0692. The molecule has 4 heterocycles. The lowest BCUT2D eigenvalue weighted by Crippen LogP contribution is -2.33. The Hall–Kier alpha value is -3.88. The molecule has 0 amide bonds. The lowest BCUT2D eigenvalue weighted by Gasteiger charge is -2.20. The highest BCUT2D eigenvalue weighted by Crippen LogP contribution is 2.27. The van der Waals surface area contributed by atoms with Crippen LogP contribution in [0.3, 0.4) is 0 Å². The van der Waals surface area contributed by atoms with Crippen LogP contribution >= 0.6 is 0 Å². The summed E-state index contributed by atoms with van der Waals surface area (Å²) in [6.07, 6.45) is 4.24. The summed E-state index contributed by atoms with van der Waals surface area (Å²) in [4.78, 5) is 36.4. The summed E-state index contributed by atoms with van der Waals surface area (Å²) in [5.41, 5.74) is -5.35. The Bertz CT molecular complexity index is 1370. The van der Waals surface area contributed by atoms with E-state index >= 15 is 0 Å². The number of aliphatic imine (C=N–C) groups is 1. The minimum Gasteiger partial charge on any atom is -0.357 e. The van der Waals surface area contributed by atoms with Gasteiger partial charge >= 0.3 is 5.51 Å². The molecule has 0 saturated carbocycles. The molecule has 0 spiro atoms. The summed E-state index contributed by atoms with van der Waals surface area (Å²) < 4.78 is 50.8. The number of aryl methyl sites for hydroxylation is 1. The van der Waals surface area contributed by atoms with Crippen molar-refractivity contribution < 1.29 is 22.2 Å². The van der Waals surface area contributed by atoms with E-state index in [4.69, 9.17) is 0 Å². The van der Waals surface area contributed by atoms with Crippen molar-refractivity contribution in [2.45, 2.75) is 26.3 Å². The van der Waals surface area contributed by atoms with Crippen LogP contribution in [0.1, 0.15) is 25.4 Å². The molecule has 0 aromatic carbocycles. The quantitative estimate of drug-likeness (QED) is 0.499. The zero-order valence-corrected chi connectivity index (χ0v) is 19.5. The van der Waals surface area contributed by atoms with Gasteiger partial charge in [-0.3, -0.25) is 9.78 Å². The van der Waals surface area contributed by atoms with Gasteiger partial charge in [0.2, 0.25) is 22.4 Å². The van der Waals surface area contributed by atoms with Gasteiger partial charge in [0.05, 0.1) is 17.6 Å². The summed E-state index contributed by atoms with van der Waals surface area (Å²) in [6, 6.07) is 3.32. The third kappa shape index (κ3) is 4.71. The van der Waals surface area contributed by atoms with Crippen LogP contribution < -0.4 is 4.90 Å². The number of carbonyl (C=O) groups is 1. The fraction of sp³-hybridized carbons (Fsp3) is 0.300. The molecule has 1 atom stereocenters. The van der Waals surface area contributed by atoms with Gasteiger partial charge in [-0.1, -0.05) is 0 Å². The largest absolute Gasteiger partial charge is 0.479 e. The predicted octanol–water partition coefficient (Wildman–Crippen LogP) is 2.42. The number of fused-ring (bicyclic) bond motifs is 1. The molecule has 3 aromatic rings. The van der Waals surface area contributed by atoms with Gasteiger partial charge in [0.15, 0.2) is 5.71 Å². The van der Waals surface area contributed by atoms with Crippen LogP contribution in [-0.2, 0) is 15.6 Å². The predicted molar refractivity (Wildman–Crippen MR) is 122 cm³/mol. The smallest absolute Gasteiger partial charge is 0.357 e. The number of nitrogens with zero attached hydrogens (tertiary/aromatic N) is 9. The maximum atomic E-state index is 13.0. The lowest BCUT2D eigenvalue weighted by molar-refractivity contribution is -0.107. The molecule has 182 valence electrons. The van der Waals surface area contributed by atoms with E-state index < -0.39 is 27.1 Å². The van der Waals surface area contributed by atoms with Crippen LogP contribution in [0.25, 0.3) is 11.5 Å². The molecule has 1 aliphatic heterocycles. The summed E-state index contributed by atoms with van der Waals surface area (Å²) in [5.74, 6) is 0.652. The first-order valence-corrected chi connectivity index (χ1v) is 11.5. The van der Waals surface area contributed by atoms with Crippen LogP contribution in [0.15, 0.2) is 40.8 Å². The third-order valence-electron chi connectivity index (χ3n) is 4.95. The molecule has 0 aliphatic carbocycles. The molecule has 0 fully saturated rings. The Morgan fingerprint density at radius 3 is 2.51 bits per heavy atom. The van der Waals surface area contributed by atoms with E-state index in [1.165, 1.54) is 18.6 Å². The number of hydrogen-bond acceptors (Lipinski definition) is 10. The first kappa shape index (κ1) is 24.3. The number of pyridine rings is 1. The van der Waals surface area contributed by atoms with E-state index in [-0.39, 0.29) is 28.7 Å². The minimum atomic E-state index is -5.27. The summed E-state index contributed by atoms with van der Waals surface area (Å²) in [7, 11) is -3.85. The molecule has 0 bridgehead atoms. The van der Waals surface area contributed by atoms with Gasteiger partial charge in [0.1, 0.15) is 17.2 Å². The number of aromatic nitrogens is 6. The van der Waals surface area contributed by atoms with Crippen LogP contribution in [0, 0.1) is 6.92 Å². The van der Waals surface area contributed by atoms with Crippen LogP contribution in [-0.4, -0.2) is 69.2 Å². The fourth-order valence-electron chi connectivity index (χ4n) is 3.23. The maximum Gasteiger partial charge on any atom is 0.479 e. The highest BCUT2D eigenvalue weighted by Gasteiger charge is 2.46. The van der Waals surface area contributed by atoms with Crippen molar-refractivity contribution in [1.29, 1.82) is 0 Å². The average Bonchev–Trinajstić information content (AvgIpc) is 3.39. The van der Waals surface area contributed by atoms with Gasteiger partial charge in [-0.05, 0) is 32.9 Å². The summed E-state index contributed by atoms with van der Waals surface area (Å²) in [6.45, 7) is 7.07. The van der Waals surface area contributed by atoms with Gasteiger partial charge in [-0.25, -0.2) is 24.2 Å². The van der Waals surface area contributed by atoms with Crippen LogP contribution in [0.2, 0.25) is 0 Å². The SMILES string of the molecule is CCN(CC)c1ccc(N=C2C(C(=O)S(=O)C(F)(F)F)=Nn3nc(-c4cnccn4)nc32)c(C)n1. The highest BCUT2D eigenvalue weighted by atomic mass is 32.2. The molecule has 1 aliphatic rings. The Morgan fingerprint density at radius 2 is 1.91 bits per heavy atom. The van der Waals surface area contributed by atoms with E-state index in [2.05, 4.69) is 35.1 Å². The number of alkyl halides is 3. The summed E-state index contributed by atoms with van der Waals surface area (Å²) in [5, 5.41) is 6.14. The second-order valence-corrected chi connectivity index (χ2v) is 8.47. The monoisotopic (exact) mass is 505 g/mol. The van der Waals surface area contributed by atoms with Gasteiger partial charge < -0.3 is 4.90 Å². The van der Waals surface area contributed by atoms with Crippen molar-refractivity contribution in [2.75, 3.05) is 18.0 Å².